The smallest absolute Gasteiger partial charge is 0.254 e. The third-order valence-corrected chi connectivity index (χ3v) is 6.36. The molecule has 0 spiro atoms. The number of hydrogen-bond acceptors (Lipinski definition) is 6. The lowest BCUT2D eigenvalue weighted by Gasteiger charge is -2.27. The largest absolute Gasteiger partial charge is 0.385 e. The molecule has 9 heteroatoms. The Morgan fingerprint density at radius 1 is 1.35 bits per heavy atom. The average molecular weight is 375 g/mol. The molecule has 3 heterocycles. The van der Waals surface area contributed by atoms with Crippen molar-refractivity contribution < 1.29 is 13.2 Å². The number of para-hydroxylation sites is 1. The van der Waals surface area contributed by atoms with Crippen molar-refractivity contribution in [1.82, 2.24) is 14.1 Å². The highest BCUT2D eigenvalue weighted by Crippen LogP contribution is 2.34. The minimum Gasteiger partial charge on any atom is -0.385 e. The number of carbonyl (C=O) groups excluding carboxylic acids is 1. The van der Waals surface area contributed by atoms with Gasteiger partial charge in [-0.05, 0) is 18.1 Å². The highest BCUT2D eigenvalue weighted by atomic mass is 32.2. The van der Waals surface area contributed by atoms with E-state index >= 15 is 0 Å². The maximum Gasteiger partial charge on any atom is 0.254 e. The third-order valence-electron chi connectivity index (χ3n) is 5.11. The van der Waals surface area contributed by atoms with Gasteiger partial charge in [-0.25, -0.2) is 13.1 Å². The number of nitrogens with one attached hydrogen (secondary N) is 1. The normalized spacial score (nSPS) is 20.1. The first-order chi connectivity index (χ1) is 12.4. The average Bonchev–Trinajstić information content (AvgIpc) is 2.96. The maximum atomic E-state index is 13.2. The van der Waals surface area contributed by atoms with Gasteiger partial charge < -0.3 is 11.1 Å². The molecule has 1 aromatic carbocycles. The summed E-state index contributed by atoms with van der Waals surface area (Å²) in [5.41, 5.74) is 9.30. The maximum absolute atomic E-state index is 13.2. The summed E-state index contributed by atoms with van der Waals surface area (Å²) in [5, 5.41) is 7.57. The van der Waals surface area contributed by atoms with Crippen LogP contribution in [0.5, 0.6) is 0 Å². The van der Waals surface area contributed by atoms with Crippen molar-refractivity contribution in [3.8, 4) is 0 Å². The first-order valence-electron chi connectivity index (χ1n) is 8.54. The van der Waals surface area contributed by atoms with Gasteiger partial charge in [0.15, 0.2) is 5.82 Å². The first-order valence-corrected chi connectivity index (χ1v) is 10.4. The van der Waals surface area contributed by atoms with E-state index in [4.69, 9.17) is 5.73 Å². The summed E-state index contributed by atoms with van der Waals surface area (Å²) in [4.78, 5) is 13.2. The van der Waals surface area contributed by atoms with Gasteiger partial charge in [0.1, 0.15) is 0 Å². The van der Waals surface area contributed by atoms with E-state index in [1.807, 2.05) is 24.3 Å². The highest BCUT2D eigenvalue weighted by Gasteiger charge is 2.34. The first kappa shape index (κ1) is 17.0. The molecule has 0 fully saturated rings. The molecule has 0 saturated heterocycles. The van der Waals surface area contributed by atoms with E-state index < -0.39 is 10.0 Å². The number of nitrogens with two attached hydrogens (primary N) is 1. The quantitative estimate of drug-likeness (QED) is 0.811. The van der Waals surface area contributed by atoms with E-state index in [9.17, 15) is 13.2 Å². The second-order valence-electron chi connectivity index (χ2n) is 6.76. The van der Waals surface area contributed by atoms with Gasteiger partial charge in [-0.1, -0.05) is 18.2 Å². The van der Waals surface area contributed by atoms with Gasteiger partial charge in [-0.15, -0.1) is 5.10 Å². The topological polar surface area (TPSA) is 110 Å². The molecule has 138 valence electrons. The standard InChI is InChI=1S/C17H21N5O3S/c1-26(24,25)21-9-7-15-13(10-21)16(18)20-22(15)17(23)12-6-8-19-14-5-3-2-4-11(12)14/h2-5,12,19H,6-10H2,1H3,(H2,18,20). The molecule has 1 atom stereocenters. The number of sulfonamides is 1. The Kier molecular flexibility index (Phi) is 4.00. The molecule has 8 nitrogen and oxygen atoms in total. The minimum atomic E-state index is -3.31. The number of carbonyl (C=O) groups is 1. The number of benzene rings is 1. The molecule has 0 saturated carbocycles. The van der Waals surface area contributed by atoms with Gasteiger partial charge >= 0.3 is 0 Å². The summed E-state index contributed by atoms with van der Waals surface area (Å²) < 4.78 is 26.4. The van der Waals surface area contributed by atoms with Gasteiger partial charge in [-0.3, -0.25) is 4.79 Å². The molecule has 0 aliphatic carbocycles. The molecule has 3 N–H and O–H groups in total. The van der Waals surface area contributed by atoms with Crippen LogP contribution in [0, 0.1) is 0 Å². The highest BCUT2D eigenvalue weighted by molar-refractivity contribution is 7.88. The van der Waals surface area contributed by atoms with Crippen LogP contribution in [0.1, 0.15) is 34.0 Å². The summed E-state index contributed by atoms with van der Waals surface area (Å²) in [6.45, 7) is 1.21. The molecule has 1 unspecified atom stereocenters. The molecule has 4 rings (SSSR count). The monoisotopic (exact) mass is 375 g/mol. The van der Waals surface area contributed by atoms with E-state index in [1.165, 1.54) is 15.2 Å². The number of aromatic nitrogens is 2. The van der Waals surface area contributed by atoms with Gasteiger partial charge in [0.25, 0.3) is 5.91 Å². The van der Waals surface area contributed by atoms with Crippen molar-refractivity contribution in [3.05, 3.63) is 41.1 Å². The van der Waals surface area contributed by atoms with Crippen LogP contribution in [-0.2, 0) is 23.0 Å². The van der Waals surface area contributed by atoms with Crippen LogP contribution < -0.4 is 11.1 Å². The molecule has 2 aromatic rings. The molecule has 0 radical (unpaired) electrons. The lowest BCUT2D eigenvalue weighted by atomic mass is 9.90. The van der Waals surface area contributed by atoms with Gasteiger partial charge in [-0.2, -0.15) is 4.31 Å². The van der Waals surface area contributed by atoms with E-state index in [0.29, 0.717) is 31.5 Å². The molecular weight excluding hydrogens is 354 g/mol. The van der Waals surface area contributed by atoms with Crippen molar-refractivity contribution in [3.63, 3.8) is 0 Å². The van der Waals surface area contributed by atoms with Crippen LogP contribution in [0.3, 0.4) is 0 Å². The lowest BCUT2D eigenvalue weighted by Crippen LogP contribution is -2.36. The number of nitrogens with zero attached hydrogens (tertiary/aromatic N) is 3. The zero-order valence-corrected chi connectivity index (χ0v) is 15.3. The van der Waals surface area contributed by atoms with Crippen LogP contribution >= 0.6 is 0 Å². The number of hydrogen-bond donors (Lipinski definition) is 2. The predicted octanol–water partition coefficient (Wildman–Crippen LogP) is 1.02. The predicted molar refractivity (Wildman–Crippen MR) is 98.5 cm³/mol. The Hall–Kier alpha value is -2.39. The van der Waals surface area contributed by atoms with Crippen molar-refractivity contribution >= 4 is 27.4 Å². The zero-order valence-electron chi connectivity index (χ0n) is 14.5. The van der Waals surface area contributed by atoms with Gasteiger partial charge in [0.05, 0.1) is 17.9 Å². The Bertz CT molecular complexity index is 982. The summed E-state index contributed by atoms with van der Waals surface area (Å²) in [6.07, 6.45) is 2.28. The summed E-state index contributed by atoms with van der Waals surface area (Å²) in [6, 6.07) is 7.77. The zero-order chi connectivity index (χ0) is 18.5. The van der Waals surface area contributed by atoms with Crippen LogP contribution in [0.15, 0.2) is 24.3 Å². The third kappa shape index (κ3) is 2.77. The number of rotatable bonds is 2. The van der Waals surface area contributed by atoms with E-state index in [2.05, 4.69) is 10.4 Å². The molecular formula is C17H21N5O3S. The molecule has 0 amide bonds. The SMILES string of the molecule is CS(=O)(=O)N1CCc2c(c(N)nn2C(=O)C2CCNc3ccccc32)C1. The van der Waals surface area contributed by atoms with Crippen LogP contribution in [0.25, 0.3) is 0 Å². The Morgan fingerprint density at radius 2 is 2.12 bits per heavy atom. The molecule has 1 aromatic heterocycles. The summed E-state index contributed by atoms with van der Waals surface area (Å²) in [7, 11) is -3.31. The van der Waals surface area contributed by atoms with Crippen molar-refractivity contribution in [2.24, 2.45) is 0 Å². The number of nitrogen functional groups attached to an aromatic ring is 1. The summed E-state index contributed by atoms with van der Waals surface area (Å²) >= 11 is 0. The summed E-state index contributed by atoms with van der Waals surface area (Å²) in [5.74, 6) is -0.174. The molecule has 26 heavy (non-hydrogen) atoms. The molecule has 2 aliphatic heterocycles. The minimum absolute atomic E-state index is 0.111. The lowest BCUT2D eigenvalue weighted by molar-refractivity contribution is 0.0852. The Balaban J connectivity index is 1.70. The van der Waals surface area contributed by atoms with Crippen LogP contribution in [0.4, 0.5) is 11.5 Å². The fourth-order valence-corrected chi connectivity index (χ4v) is 4.54. The fraction of sp³-hybridized carbons (Fsp3) is 0.412. The molecule has 2 aliphatic rings. The second-order valence-corrected chi connectivity index (χ2v) is 8.74. The van der Waals surface area contributed by atoms with Crippen LogP contribution in [0.2, 0.25) is 0 Å². The van der Waals surface area contributed by atoms with E-state index in [1.54, 1.807) is 0 Å². The van der Waals surface area contributed by atoms with Crippen molar-refractivity contribution in [1.29, 1.82) is 0 Å². The van der Waals surface area contributed by atoms with Gasteiger partial charge in [0.2, 0.25) is 10.0 Å². The Morgan fingerprint density at radius 3 is 2.88 bits per heavy atom. The molecule has 0 bridgehead atoms. The van der Waals surface area contributed by atoms with Crippen LogP contribution in [-0.4, -0.2) is 47.8 Å². The number of fused-ring (bicyclic) bond motifs is 2. The fourth-order valence-electron chi connectivity index (χ4n) is 3.76. The second kappa shape index (κ2) is 6.10. The van der Waals surface area contributed by atoms with Gasteiger partial charge in [0, 0.05) is 37.3 Å². The number of anilines is 2. The van der Waals surface area contributed by atoms with E-state index in [0.717, 1.165) is 16.9 Å². The Labute approximate surface area is 152 Å². The van der Waals surface area contributed by atoms with Crippen molar-refractivity contribution in [2.75, 3.05) is 30.4 Å². The van der Waals surface area contributed by atoms with Crippen molar-refractivity contribution in [2.45, 2.75) is 25.3 Å². The van der Waals surface area contributed by atoms with E-state index in [-0.39, 0.29) is 24.2 Å².